The molecule has 3 rings (SSSR count). The van der Waals surface area contributed by atoms with Crippen molar-refractivity contribution in [3.63, 3.8) is 0 Å². The smallest absolute Gasteiger partial charge is 0.257 e. The zero-order chi connectivity index (χ0) is 20.3. The second-order valence-corrected chi connectivity index (χ2v) is 6.20. The van der Waals surface area contributed by atoms with Gasteiger partial charge >= 0.3 is 0 Å². The fourth-order valence-corrected chi connectivity index (χ4v) is 2.82. The number of morpholine rings is 1. The lowest BCUT2D eigenvalue weighted by Crippen LogP contribution is -2.47. The van der Waals surface area contributed by atoms with Gasteiger partial charge in [-0.05, 0) is 12.1 Å². The van der Waals surface area contributed by atoms with Crippen molar-refractivity contribution >= 4 is 5.91 Å². The van der Waals surface area contributed by atoms with E-state index in [1.165, 1.54) is 6.07 Å². The van der Waals surface area contributed by atoms with Gasteiger partial charge in [-0.25, -0.2) is 22.0 Å². The summed E-state index contributed by atoms with van der Waals surface area (Å²) in [5, 5.41) is 0. The molecule has 9 heteroatoms. The molecule has 0 aliphatic carbocycles. The molecule has 0 aromatic heterocycles. The van der Waals surface area contributed by atoms with Crippen LogP contribution in [0.15, 0.2) is 30.3 Å². The third-order valence-electron chi connectivity index (χ3n) is 4.28. The van der Waals surface area contributed by atoms with E-state index in [-0.39, 0.29) is 32.9 Å². The molecule has 150 valence electrons. The van der Waals surface area contributed by atoms with Gasteiger partial charge in [0.05, 0.1) is 31.5 Å². The monoisotopic (exact) mass is 401 g/mol. The summed E-state index contributed by atoms with van der Waals surface area (Å²) in [5.74, 6) is -8.82. The molecule has 0 radical (unpaired) electrons. The number of hydrogen-bond donors (Lipinski definition) is 0. The maximum Gasteiger partial charge on any atom is 0.257 e. The van der Waals surface area contributed by atoms with E-state index in [1.807, 2.05) is 0 Å². The van der Waals surface area contributed by atoms with Gasteiger partial charge in [-0.1, -0.05) is 18.2 Å². The van der Waals surface area contributed by atoms with Gasteiger partial charge in [-0.2, -0.15) is 0 Å². The predicted molar refractivity (Wildman–Crippen MR) is 88.0 cm³/mol. The average Bonchev–Trinajstić information content (AvgIpc) is 2.70. The fourth-order valence-electron chi connectivity index (χ4n) is 2.82. The van der Waals surface area contributed by atoms with Crippen LogP contribution in [0.2, 0.25) is 0 Å². The molecular formula is C19H16F5NO3. The first-order valence-electron chi connectivity index (χ1n) is 8.43. The van der Waals surface area contributed by atoms with Crippen LogP contribution in [-0.2, 0) is 16.1 Å². The van der Waals surface area contributed by atoms with Crippen LogP contribution < -0.4 is 0 Å². The molecule has 0 bridgehead atoms. The fraction of sp³-hybridized carbons (Fsp3) is 0.316. The van der Waals surface area contributed by atoms with Gasteiger partial charge in [0, 0.05) is 18.7 Å². The van der Waals surface area contributed by atoms with Crippen LogP contribution in [0.1, 0.15) is 15.9 Å². The van der Waals surface area contributed by atoms with E-state index in [0.29, 0.717) is 11.6 Å². The highest BCUT2D eigenvalue weighted by Gasteiger charge is 2.30. The normalized spacial score (nSPS) is 17.0. The molecule has 4 nitrogen and oxygen atoms in total. The van der Waals surface area contributed by atoms with E-state index < -0.39 is 46.7 Å². The first-order valence-corrected chi connectivity index (χ1v) is 8.43. The second-order valence-electron chi connectivity index (χ2n) is 6.20. The number of benzene rings is 2. The van der Waals surface area contributed by atoms with Gasteiger partial charge in [-0.3, -0.25) is 4.79 Å². The number of hydrogen-bond acceptors (Lipinski definition) is 3. The molecule has 1 atom stereocenters. The van der Waals surface area contributed by atoms with Crippen LogP contribution in [0.3, 0.4) is 0 Å². The minimum atomic E-state index is -2.04. The third kappa shape index (κ3) is 4.31. The lowest BCUT2D eigenvalue weighted by atomic mass is 10.1. The predicted octanol–water partition coefficient (Wildman–Crippen LogP) is 3.44. The van der Waals surface area contributed by atoms with E-state index in [2.05, 4.69) is 0 Å². The van der Waals surface area contributed by atoms with Crippen LogP contribution in [0.4, 0.5) is 22.0 Å². The van der Waals surface area contributed by atoms with Crippen LogP contribution in [-0.4, -0.2) is 43.2 Å². The van der Waals surface area contributed by atoms with E-state index in [9.17, 15) is 26.7 Å². The quantitative estimate of drug-likeness (QED) is 0.438. The van der Waals surface area contributed by atoms with Crippen molar-refractivity contribution in [2.24, 2.45) is 0 Å². The lowest BCUT2D eigenvalue weighted by molar-refractivity contribution is -0.0650. The number of nitrogens with zero attached hydrogens (tertiary/aromatic N) is 1. The van der Waals surface area contributed by atoms with Crippen molar-refractivity contribution in [1.29, 1.82) is 0 Å². The Kier molecular flexibility index (Phi) is 6.25. The zero-order valence-corrected chi connectivity index (χ0v) is 14.6. The molecular weight excluding hydrogens is 385 g/mol. The first-order chi connectivity index (χ1) is 13.4. The number of amides is 1. The maximum atomic E-state index is 13.9. The zero-order valence-electron chi connectivity index (χ0n) is 14.6. The van der Waals surface area contributed by atoms with Crippen molar-refractivity contribution in [1.82, 2.24) is 4.90 Å². The summed E-state index contributed by atoms with van der Waals surface area (Å²) < 4.78 is 78.1. The van der Waals surface area contributed by atoms with Gasteiger partial charge in [0.15, 0.2) is 23.3 Å². The Morgan fingerprint density at radius 3 is 2.57 bits per heavy atom. The lowest BCUT2D eigenvalue weighted by Gasteiger charge is -2.33. The summed E-state index contributed by atoms with van der Waals surface area (Å²) in [6.07, 6.45) is -0.595. The number of ether oxygens (including phenoxy) is 2. The van der Waals surface area contributed by atoms with Gasteiger partial charge in [0.2, 0.25) is 0 Å². The van der Waals surface area contributed by atoms with Crippen LogP contribution in [0, 0.1) is 29.1 Å². The Bertz CT molecular complexity index is 877. The van der Waals surface area contributed by atoms with Gasteiger partial charge in [0.1, 0.15) is 5.82 Å². The standard InChI is InChI=1S/C19H16F5NO3/c20-14-4-2-1-3-11(14)9-27-10-12-8-25(5-6-28-12)19(26)13-7-15(21)17(23)18(24)16(13)22/h1-4,7,12H,5-6,8-10H2/t12-/m0/s1. The Balaban J connectivity index is 1.62. The summed E-state index contributed by atoms with van der Waals surface area (Å²) in [6, 6.07) is 6.40. The molecule has 1 fully saturated rings. The van der Waals surface area contributed by atoms with E-state index >= 15 is 0 Å². The third-order valence-corrected chi connectivity index (χ3v) is 4.28. The van der Waals surface area contributed by atoms with Crippen molar-refractivity contribution in [3.8, 4) is 0 Å². The molecule has 1 heterocycles. The molecule has 1 aliphatic heterocycles. The van der Waals surface area contributed by atoms with Crippen molar-refractivity contribution < 1.29 is 36.2 Å². The van der Waals surface area contributed by atoms with Crippen LogP contribution in [0.25, 0.3) is 0 Å². The topological polar surface area (TPSA) is 38.8 Å². The molecule has 0 saturated carbocycles. The first kappa shape index (κ1) is 20.2. The molecule has 0 spiro atoms. The summed E-state index contributed by atoms with van der Waals surface area (Å²) in [5.41, 5.74) is -0.546. The summed E-state index contributed by atoms with van der Waals surface area (Å²) >= 11 is 0. The largest absolute Gasteiger partial charge is 0.374 e. The molecule has 1 saturated heterocycles. The van der Waals surface area contributed by atoms with Crippen LogP contribution >= 0.6 is 0 Å². The SMILES string of the molecule is O=C(c1cc(F)c(F)c(F)c1F)N1CCO[C@H](COCc2ccccc2F)C1. The highest BCUT2D eigenvalue weighted by atomic mass is 19.2. The van der Waals surface area contributed by atoms with Crippen molar-refractivity contribution in [3.05, 3.63) is 70.5 Å². The second kappa shape index (κ2) is 8.66. The minimum Gasteiger partial charge on any atom is -0.374 e. The summed E-state index contributed by atoms with van der Waals surface area (Å²) in [6.45, 7) is 0.127. The molecule has 0 N–H and O–H groups in total. The molecule has 28 heavy (non-hydrogen) atoms. The van der Waals surface area contributed by atoms with Crippen molar-refractivity contribution in [2.75, 3.05) is 26.3 Å². The Labute approximate surface area is 157 Å². The summed E-state index contributed by atoms with van der Waals surface area (Å²) in [4.78, 5) is 13.5. The number of halogens is 5. The summed E-state index contributed by atoms with van der Waals surface area (Å²) in [7, 11) is 0. The molecule has 0 unspecified atom stereocenters. The van der Waals surface area contributed by atoms with Gasteiger partial charge < -0.3 is 14.4 Å². The molecule has 1 aliphatic rings. The molecule has 1 amide bonds. The van der Waals surface area contributed by atoms with E-state index in [4.69, 9.17) is 9.47 Å². The average molecular weight is 401 g/mol. The highest BCUT2D eigenvalue weighted by Crippen LogP contribution is 2.21. The van der Waals surface area contributed by atoms with Gasteiger partial charge in [-0.15, -0.1) is 0 Å². The Morgan fingerprint density at radius 1 is 1.07 bits per heavy atom. The minimum absolute atomic E-state index is 0.0104. The van der Waals surface area contributed by atoms with Crippen LogP contribution in [0.5, 0.6) is 0 Å². The van der Waals surface area contributed by atoms with E-state index in [1.54, 1.807) is 18.2 Å². The Morgan fingerprint density at radius 2 is 1.82 bits per heavy atom. The Hall–Kier alpha value is -2.52. The maximum absolute atomic E-state index is 13.9. The number of carbonyl (C=O) groups excluding carboxylic acids is 1. The number of rotatable bonds is 5. The van der Waals surface area contributed by atoms with Gasteiger partial charge in [0.25, 0.3) is 5.91 Å². The highest BCUT2D eigenvalue weighted by molar-refractivity contribution is 5.94. The molecule has 2 aromatic rings. The number of carbonyl (C=O) groups is 1. The molecule has 2 aromatic carbocycles. The van der Waals surface area contributed by atoms with E-state index in [0.717, 1.165) is 4.90 Å². The van der Waals surface area contributed by atoms with Crippen molar-refractivity contribution in [2.45, 2.75) is 12.7 Å².